The van der Waals surface area contributed by atoms with Crippen LogP contribution in [-0.4, -0.2) is 29.0 Å². The van der Waals surface area contributed by atoms with Crippen molar-refractivity contribution in [1.82, 2.24) is 15.0 Å². The van der Waals surface area contributed by atoms with E-state index < -0.39 is 0 Å². The standard InChI is InChI=1S/C7H10N3.C7H7N.2C6H6.2C2H6.CH5N.2CH4.3HI.V.4W.2Y/c1-5-4-6(2)10-7(8-3)9-5;1-6-3-4-8-7(2)5-6;2*1-2-4-6-5-3-1;3*1-2;;;;;;;;;;;;/h1-3H3,(H,8,9,10);3H,1-2H3;2*1-6H;2*1-2H3;2H2,1H3;2*1H4;3*1H;;;;;;;/q-1;-2;;;;;;;;;;;+3;;;;;;/p-3. The largest absolute Gasteiger partial charge is 0.0623 e. The number of pyridine rings is 1. The second kappa shape index (κ2) is 72.4. The van der Waals surface area contributed by atoms with Crippen LogP contribution in [0.1, 0.15) is 65.2 Å². The quantitative estimate of drug-likeness (QED) is 0.136. The van der Waals surface area contributed by atoms with E-state index in [-0.39, 0.29) is 169 Å². The van der Waals surface area contributed by atoms with Crippen molar-refractivity contribution < 1.29 is 155 Å². The van der Waals surface area contributed by atoms with E-state index in [1.807, 2.05) is 134 Å². The number of aromatic nitrogens is 3. The number of H-pyrrole nitrogens is 1. The molecular weight excluding hydrogens is 1810 g/mol. The number of aryl methyl sites for hydroxylation is 4. The number of hydrogen-bond donors (Lipinski definition) is 2. The van der Waals surface area contributed by atoms with Crippen molar-refractivity contribution in [3.05, 3.63) is 125 Å². The first-order chi connectivity index (χ1) is 19.2. The van der Waals surface area contributed by atoms with Gasteiger partial charge in [0.25, 0.3) is 0 Å². The maximum absolute atomic E-state index is 4.50. The van der Waals surface area contributed by atoms with Crippen molar-refractivity contribution in [3.63, 3.8) is 0 Å². The van der Waals surface area contributed by atoms with Gasteiger partial charge >= 0.3 is 64.9 Å². The van der Waals surface area contributed by atoms with Gasteiger partial charge in [-0.05, 0) is 7.05 Å². The fraction of sp³-hybridized carbons (Fsp3) is 0.364. The summed E-state index contributed by atoms with van der Waals surface area (Å²) >= 11 is 7.39. The molecule has 0 unspecified atom stereocenters. The van der Waals surface area contributed by atoms with Crippen molar-refractivity contribution in [2.75, 3.05) is 14.1 Å². The van der Waals surface area contributed by atoms with Crippen LogP contribution >= 0.6 is 59.9 Å². The van der Waals surface area contributed by atoms with Crippen LogP contribution in [0.15, 0.2) is 83.9 Å². The summed E-state index contributed by atoms with van der Waals surface area (Å²) in [7, 11) is 3.21. The van der Waals surface area contributed by atoms with Crippen molar-refractivity contribution in [2.45, 2.75) is 70.2 Å². The van der Waals surface area contributed by atoms with Crippen LogP contribution < -0.4 is 11.4 Å². The topological polar surface area (TPSA) is 80.0 Å². The van der Waals surface area contributed by atoms with Crippen LogP contribution in [0.2, 0.25) is 0 Å². The van der Waals surface area contributed by atoms with Crippen LogP contribution in [0, 0.1) is 46.0 Å². The Morgan fingerprint density at radius 1 is 0.646 bits per heavy atom. The third kappa shape index (κ3) is 75.2. The number of hydrogen-bond acceptors (Lipinski definition) is 4. The second-order valence-electron chi connectivity index (χ2n) is 6.40. The molecule has 3 N–H and O–H groups in total. The van der Waals surface area contributed by atoms with Crippen molar-refractivity contribution in [1.29, 1.82) is 0 Å². The van der Waals surface area contributed by atoms with Gasteiger partial charge in [0.15, 0.2) is 0 Å². The van der Waals surface area contributed by atoms with Crippen LogP contribution in [0.25, 0.3) is 0 Å². The third-order valence-electron chi connectivity index (χ3n) is 3.38. The van der Waals surface area contributed by atoms with E-state index in [4.69, 9.17) is 0 Å². The molecule has 0 aliphatic carbocycles. The summed E-state index contributed by atoms with van der Waals surface area (Å²) in [5, 5.41) is 0. The summed E-state index contributed by atoms with van der Waals surface area (Å²) in [6.45, 7) is 15.7. The minimum absolute atomic E-state index is 0. The van der Waals surface area contributed by atoms with Gasteiger partial charge in [-0.2, -0.15) is 17.6 Å². The molecule has 0 saturated carbocycles. The fourth-order valence-electron chi connectivity index (χ4n) is 2.14. The molecule has 0 saturated heterocycles. The summed E-state index contributed by atoms with van der Waals surface area (Å²) in [5.74, 6) is 0. The molecule has 2 radical (unpaired) electrons. The second-order valence-corrected chi connectivity index (χ2v) is 41.8. The number of nitrogens with two attached hydrogens (primary N) is 1. The van der Waals surface area contributed by atoms with Gasteiger partial charge in [-0.25, -0.2) is 0 Å². The molecule has 0 fully saturated rings. The molecule has 48 heavy (non-hydrogen) atoms. The van der Waals surface area contributed by atoms with Crippen LogP contribution in [0.4, 0.5) is 0 Å². The zero-order valence-corrected chi connectivity index (χ0v) is 53.6. The number of nitrogens with zero attached hydrogens (tertiary/aromatic N) is 3. The SMILES string of the molecule is C.C.CC.CC.CN.CN=c1nc(C)[c-]c(C)[nH]1.Cc1[c-]c(C)n[c-]c1.[I][V]([I])[I].[W].[W].[W].[W].[Y].[Y].c1ccccc1.c1ccccc1. The molecule has 2 aromatic heterocycles. The molecule has 15 heteroatoms. The predicted octanol–water partition coefficient (Wildman–Crippen LogP) is 10.6. The Morgan fingerprint density at radius 2 is 0.938 bits per heavy atom. The van der Waals surface area contributed by atoms with E-state index in [2.05, 4.69) is 104 Å². The van der Waals surface area contributed by atoms with Crippen LogP contribution in [0.5, 0.6) is 0 Å². The number of nitrogens with one attached hydrogen (secondary N) is 1. The average Bonchev–Trinajstić information content (AvgIpc) is 2.98. The summed E-state index contributed by atoms with van der Waals surface area (Å²) in [6.07, 6.45) is 2.75. The van der Waals surface area contributed by atoms with Gasteiger partial charge < -0.3 is 39.5 Å². The summed E-state index contributed by atoms with van der Waals surface area (Å²) < 4.78 is 0. The summed E-state index contributed by atoms with van der Waals surface area (Å²) in [6, 6.07) is 31.9. The van der Waals surface area contributed by atoms with Gasteiger partial charge in [-0.15, -0.1) is 12.6 Å². The van der Waals surface area contributed by atoms with Crippen molar-refractivity contribution in [2.24, 2.45) is 10.7 Å². The molecule has 0 bridgehead atoms. The van der Waals surface area contributed by atoms with Gasteiger partial charge in [0.05, 0.1) is 0 Å². The van der Waals surface area contributed by atoms with E-state index >= 15 is 0 Å². The monoisotopic (exact) mass is 1870 g/mol. The molecule has 4 rings (SSSR count). The molecule has 270 valence electrons. The molecule has 0 amide bonds. The summed E-state index contributed by atoms with van der Waals surface area (Å²) in [4.78, 5) is 14.5. The van der Waals surface area contributed by atoms with E-state index in [1.54, 1.807) is 7.05 Å². The van der Waals surface area contributed by atoms with Crippen molar-refractivity contribution in [3.8, 4) is 0 Å². The first-order valence-electron chi connectivity index (χ1n) is 12.7. The fourth-order valence-corrected chi connectivity index (χ4v) is 2.14. The van der Waals surface area contributed by atoms with Crippen molar-refractivity contribution >= 4 is 59.9 Å². The molecule has 5 nitrogen and oxygen atoms in total. The van der Waals surface area contributed by atoms with Gasteiger partial charge in [0, 0.05) is 157 Å². The predicted molar refractivity (Wildman–Crippen MR) is 211 cm³/mol. The first-order valence-corrected chi connectivity index (χ1v) is 26.2. The Balaban J connectivity index is -0.0000000318. The van der Waals surface area contributed by atoms with E-state index in [0.29, 0.717) is 5.62 Å². The Morgan fingerprint density at radius 3 is 1.12 bits per heavy atom. The first kappa shape index (κ1) is 84.7. The van der Waals surface area contributed by atoms with E-state index in [9.17, 15) is 0 Å². The Labute approximate surface area is 441 Å². The minimum atomic E-state index is -0.278. The maximum atomic E-state index is 4.50. The van der Waals surface area contributed by atoms with E-state index in [0.717, 1.165) is 22.6 Å². The van der Waals surface area contributed by atoms with Gasteiger partial charge in [0.1, 0.15) is 0 Å². The van der Waals surface area contributed by atoms with Crippen LogP contribution in [0.3, 0.4) is 0 Å². The minimum Gasteiger partial charge on any atom is -0.0623 e. The Kier molecular flexibility index (Phi) is 128. The molecule has 0 spiro atoms. The Bertz CT molecular complexity index is 969. The maximum Gasteiger partial charge on any atom is 0 e. The van der Waals surface area contributed by atoms with Crippen LogP contribution in [-0.2, 0) is 155 Å². The van der Waals surface area contributed by atoms with Gasteiger partial charge in [-0.3, -0.25) is 9.98 Å². The zero-order chi connectivity index (χ0) is 31.6. The van der Waals surface area contributed by atoms with E-state index in [1.165, 1.54) is 7.05 Å². The third-order valence-corrected chi connectivity index (χ3v) is 3.38. The van der Waals surface area contributed by atoms with Gasteiger partial charge in [0.2, 0.25) is 5.62 Å². The summed E-state index contributed by atoms with van der Waals surface area (Å²) in [5.41, 5.74) is 9.00. The number of aromatic amines is 1. The average molecular weight is 1870 g/mol. The molecule has 0 atom stereocenters. The van der Waals surface area contributed by atoms with Gasteiger partial charge in [-0.1, -0.05) is 136 Å². The molecule has 2 heterocycles. The molecule has 2 aromatic carbocycles. The molecular formula is C33H54I3N5VW4Y2-3. The smallest absolute Gasteiger partial charge is 0 e. The molecule has 4 aromatic rings. The number of halogens is 3. The Hall–Kier alpha value is 4.17. The number of benzene rings is 2. The molecule has 0 aliphatic heterocycles. The molecule has 0 aliphatic rings. The normalized spacial score (nSPS) is 7.19. The number of rotatable bonds is 0. The zero-order valence-electron chi connectivity index (χ0n) is 28.3.